The van der Waals surface area contributed by atoms with Crippen LogP contribution in [0.2, 0.25) is 0 Å². The van der Waals surface area contributed by atoms with Gasteiger partial charge in [0.25, 0.3) is 0 Å². The lowest BCUT2D eigenvalue weighted by Gasteiger charge is -2.15. The normalized spacial score (nSPS) is 10.4. The molecule has 4 aromatic rings. The molecule has 0 saturated heterocycles. The Balaban J connectivity index is 1.71. The molecule has 5 nitrogen and oxygen atoms in total. The molecular formula is C29H22O5. The second-order valence-corrected chi connectivity index (χ2v) is 7.63. The number of hydrogen-bond donors (Lipinski definition) is 0. The molecule has 0 amide bonds. The van der Waals surface area contributed by atoms with Crippen LogP contribution in [-0.4, -0.2) is 17.3 Å². The van der Waals surface area contributed by atoms with Crippen molar-refractivity contribution in [1.29, 1.82) is 0 Å². The highest BCUT2D eigenvalue weighted by Crippen LogP contribution is 2.33. The molecule has 5 heteroatoms. The fraction of sp³-hybridized carbons (Fsp3) is 0.0690. The van der Waals surface area contributed by atoms with E-state index in [-0.39, 0.29) is 17.3 Å². The van der Waals surface area contributed by atoms with E-state index in [1.807, 2.05) is 0 Å². The molecule has 34 heavy (non-hydrogen) atoms. The molecule has 168 valence electrons. The van der Waals surface area contributed by atoms with E-state index in [4.69, 9.17) is 9.47 Å². The molecular weight excluding hydrogens is 428 g/mol. The van der Waals surface area contributed by atoms with Crippen LogP contribution in [0.1, 0.15) is 50.5 Å². The summed E-state index contributed by atoms with van der Waals surface area (Å²) in [5.74, 6) is 0.794. The molecule has 0 aliphatic carbocycles. The summed E-state index contributed by atoms with van der Waals surface area (Å²) in [6.45, 7) is 2.93. The number of para-hydroxylation sites is 4. The van der Waals surface area contributed by atoms with Gasteiger partial charge >= 0.3 is 0 Å². The van der Waals surface area contributed by atoms with Crippen molar-refractivity contribution in [3.63, 3.8) is 0 Å². The van der Waals surface area contributed by atoms with Gasteiger partial charge in [-0.25, -0.2) is 0 Å². The summed E-state index contributed by atoms with van der Waals surface area (Å²) in [5.41, 5.74) is 1.48. The quantitative estimate of drug-likeness (QED) is 0.273. The molecule has 0 aliphatic rings. The standard InChI is InChI=1S/C29H22O5/c1-19(30)21-11-3-7-15-25(21)33-27-17-9-5-13-23(27)29(32)24-14-6-10-18-28(24)34-26-16-8-4-12-22(26)20(2)31/h3-18H,1-2H3. The topological polar surface area (TPSA) is 69.7 Å². The van der Waals surface area contributed by atoms with Crippen molar-refractivity contribution in [2.24, 2.45) is 0 Å². The second-order valence-electron chi connectivity index (χ2n) is 7.63. The molecule has 4 aromatic carbocycles. The van der Waals surface area contributed by atoms with Crippen LogP contribution in [0.15, 0.2) is 97.1 Å². The zero-order chi connectivity index (χ0) is 24.1. The van der Waals surface area contributed by atoms with Gasteiger partial charge in [0, 0.05) is 0 Å². The molecule has 0 heterocycles. The van der Waals surface area contributed by atoms with Gasteiger partial charge in [-0.1, -0.05) is 48.5 Å². The maximum absolute atomic E-state index is 13.6. The van der Waals surface area contributed by atoms with Gasteiger partial charge < -0.3 is 9.47 Å². The number of carbonyl (C=O) groups excluding carboxylic acids is 3. The first-order chi connectivity index (χ1) is 16.5. The first kappa shape index (κ1) is 22.7. The Morgan fingerprint density at radius 1 is 0.441 bits per heavy atom. The lowest BCUT2D eigenvalue weighted by molar-refractivity contribution is 0.100. The molecule has 0 aliphatic heterocycles. The first-order valence-corrected chi connectivity index (χ1v) is 10.7. The Hall–Kier alpha value is -4.51. The molecule has 0 N–H and O–H groups in total. The average molecular weight is 450 g/mol. The van der Waals surface area contributed by atoms with Crippen molar-refractivity contribution in [3.8, 4) is 23.0 Å². The van der Waals surface area contributed by atoms with E-state index in [0.29, 0.717) is 45.3 Å². The molecule has 0 fully saturated rings. The van der Waals surface area contributed by atoms with Gasteiger partial charge in [-0.15, -0.1) is 0 Å². The molecule has 0 aromatic heterocycles. The first-order valence-electron chi connectivity index (χ1n) is 10.7. The van der Waals surface area contributed by atoms with E-state index in [2.05, 4.69) is 0 Å². The molecule has 0 radical (unpaired) electrons. The van der Waals surface area contributed by atoms with Gasteiger partial charge in [0.2, 0.25) is 5.78 Å². The van der Waals surface area contributed by atoms with Crippen LogP contribution in [0.5, 0.6) is 23.0 Å². The average Bonchev–Trinajstić information content (AvgIpc) is 2.85. The van der Waals surface area contributed by atoms with Crippen molar-refractivity contribution in [1.82, 2.24) is 0 Å². The minimum Gasteiger partial charge on any atom is -0.456 e. The van der Waals surface area contributed by atoms with Crippen molar-refractivity contribution in [2.45, 2.75) is 13.8 Å². The summed E-state index contributed by atoms with van der Waals surface area (Å²) in [5, 5.41) is 0. The van der Waals surface area contributed by atoms with Crippen molar-refractivity contribution in [3.05, 3.63) is 119 Å². The van der Waals surface area contributed by atoms with E-state index in [1.165, 1.54) is 13.8 Å². The predicted octanol–water partition coefficient (Wildman–Crippen LogP) is 6.91. The van der Waals surface area contributed by atoms with Crippen molar-refractivity contribution >= 4 is 17.3 Å². The minimum atomic E-state index is -0.313. The zero-order valence-electron chi connectivity index (χ0n) is 18.8. The fourth-order valence-corrected chi connectivity index (χ4v) is 3.56. The van der Waals surface area contributed by atoms with Gasteiger partial charge in [0.15, 0.2) is 11.6 Å². The summed E-state index contributed by atoms with van der Waals surface area (Å²) in [7, 11) is 0. The molecule has 0 unspecified atom stereocenters. The Morgan fingerprint density at radius 2 is 0.706 bits per heavy atom. The number of benzene rings is 4. The van der Waals surface area contributed by atoms with Crippen LogP contribution in [0.3, 0.4) is 0 Å². The third kappa shape index (κ3) is 4.79. The van der Waals surface area contributed by atoms with E-state index < -0.39 is 0 Å². The third-order valence-corrected chi connectivity index (χ3v) is 5.24. The molecule has 0 atom stereocenters. The van der Waals surface area contributed by atoms with Crippen molar-refractivity contribution in [2.75, 3.05) is 0 Å². The summed E-state index contributed by atoms with van der Waals surface area (Å²) in [4.78, 5) is 37.6. The van der Waals surface area contributed by atoms with Crippen LogP contribution < -0.4 is 9.47 Å². The Kier molecular flexibility index (Phi) is 6.64. The Morgan fingerprint density at radius 3 is 1.03 bits per heavy atom. The second kappa shape index (κ2) is 9.96. The van der Waals surface area contributed by atoms with Crippen LogP contribution in [-0.2, 0) is 0 Å². The van der Waals surface area contributed by atoms with Gasteiger partial charge in [0.1, 0.15) is 23.0 Å². The monoisotopic (exact) mass is 450 g/mol. The Bertz CT molecular complexity index is 1280. The predicted molar refractivity (Wildman–Crippen MR) is 129 cm³/mol. The SMILES string of the molecule is CC(=O)c1ccccc1Oc1ccccc1C(=O)c1ccccc1Oc1ccccc1C(C)=O. The van der Waals surface area contributed by atoms with E-state index >= 15 is 0 Å². The van der Waals surface area contributed by atoms with E-state index in [1.54, 1.807) is 97.1 Å². The number of ketones is 3. The fourth-order valence-electron chi connectivity index (χ4n) is 3.56. The van der Waals surface area contributed by atoms with E-state index in [9.17, 15) is 14.4 Å². The van der Waals surface area contributed by atoms with Crippen LogP contribution in [0.25, 0.3) is 0 Å². The van der Waals surface area contributed by atoms with Gasteiger partial charge in [-0.2, -0.15) is 0 Å². The highest BCUT2D eigenvalue weighted by molar-refractivity contribution is 6.12. The summed E-state index contributed by atoms with van der Waals surface area (Å²) >= 11 is 0. The molecule has 4 rings (SSSR count). The molecule has 0 spiro atoms. The largest absolute Gasteiger partial charge is 0.456 e. The van der Waals surface area contributed by atoms with Crippen LogP contribution >= 0.6 is 0 Å². The number of hydrogen-bond acceptors (Lipinski definition) is 5. The highest BCUT2D eigenvalue weighted by Gasteiger charge is 2.21. The summed E-state index contributed by atoms with van der Waals surface area (Å²) < 4.78 is 12.1. The van der Waals surface area contributed by atoms with Crippen LogP contribution in [0, 0.1) is 0 Å². The minimum absolute atomic E-state index is 0.137. The lowest BCUT2D eigenvalue weighted by atomic mass is 10.0. The van der Waals surface area contributed by atoms with Crippen LogP contribution in [0.4, 0.5) is 0 Å². The van der Waals surface area contributed by atoms with Gasteiger partial charge in [-0.3, -0.25) is 14.4 Å². The summed E-state index contributed by atoms with van der Waals surface area (Å²) in [6.07, 6.45) is 0. The van der Waals surface area contributed by atoms with Gasteiger partial charge in [-0.05, 0) is 62.4 Å². The number of Topliss-reactive ketones (excluding diaryl/α,β-unsaturated/α-hetero) is 2. The number of ether oxygens (including phenoxy) is 2. The smallest absolute Gasteiger partial charge is 0.200 e. The number of carbonyl (C=O) groups is 3. The highest BCUT2D eigenvalue weighted by atomic mass is 16.5. The number of rotatable bonds is 8. The maximum Gasteiger partial charge on any atom is 0.200 e. The lowest BCUT2D eigenvalue weighted by Crippen LogP contribution is -2.07. The molecule has 0 saturated carbocycles. The third-order valence-electron chi connectivity index (χ3n) is 5.24. The zero-order valence-corrected chi connectivity index (χ0v) is 18.8. The maximum atomic E-state index is 13.6. The van der Waals surface area contributed by atoms with Crippen molar-refractivity contribution < 1.29 is 23.9 Å². The Labute approximate surface area is 197 Å². The molecule has 0 bridgehead atoms. The van der Waals surface area contributed by atoms with Gasteiger partial charge in [0.05, 0.1) is 22.3 Å². The summed E-state index contributed by atoms with van der Waals surface area (Å²) in [6, 6.07) is 27.5. The van der Waals surface area contributed by atoms with E-state index in [0.717, 1.165) is 0 Å².